The van der Waals surface area contributed by atoms with Gasteiger partial charge in [0.25, 0.3) is 0 Å². The van der Waals surface area contributed by atoms with Crippen molar-refractivity contribution in [1.82, 2.24) is 19.7 Å². The maximum atomic E-state index is 6.08. The van der Waals surface area contributed by atoms with Gasteiger partial charge in [0, 0.05) is 18.1 Å². The molecule has 3 aromatic rings. The molecule has 0 unspecified atom stereocenters. The Labute approximate surface area is 127 Å². The minimum absolute atomic E-state index is 0.685. The summed E-state index contributed by atoms with van der Waals surface area (Å²) in [5.41, 5.74) is 1.73. The fourth-order valence-electron chi connectivity index (χ4n) is 2.56. The molecule has 1 aliphatic heterocycles. The highest BCUT2D eigenvalue weighted by Gasteiger charge is 2.21. The van der Waals surface area contributed by atoms with Crippen molar-refractivity contribution in [2.75, 3.05) is 18.0 Å². The normalized spacial score (nSPS) is 14.5. The molecule has 0 radical (unpaired) electrons. The zero-order valence-corrected chi connectivity index (χ0v) is 12.4. The van der Waals surface area contributed by atoms with Gasteiger partial charge >= 0.3 is 0 Å². The van der Waals surface area contributed by atoms with E-state index >= 15 is 0 Å². The molecule has 4 rings (SSSR count). The molecule has 0 bridgehead atoms. The average molecular weight is 300 g/mol. The number of fused-ring (bicyclic) bond motifs is 1. The maximum Gasteiger partial charge on any atom is 0.168 e. The van der Waals surface area contributed by atoms with Gasteiger partial charge in [0.05, 0.1) is 17.3 Å². The SMILES string of the molecule is Cc1nc(N2CCC2)c2cnn(-c3cccc(Cl)c3)c2n1. The van der Waals surface area contributed by atoms with Crippen molar-refractivity contribution in [3.8, 4) is 5.69 Å². The van der Waals surface area contributed by atoms with Gasteiger partial charge in [-0.2, -0.15) is 5.10 Å². The van der Waals surface area contributed by atoms with Gasteiger partial charge in [-0.25, -0.2) is 14.6 Å². The van der Waals surface area contributed by atoms with Gasteiger partial charge in [0.1, 0.15) is 11.6 Å². The molecule has 21 heavy (non-hydrogen) atoms. The van der Waals surface area contributed by atoms with Crippen LogP contribution >= 0.6 is 11.6 Å². The molecule has 0 atom stereocenters. The predicted octanol–water partition coefficient (Wildman–Crippen LogP) is 2.99. The summed E-state index contributed by atoms with van der Waals surface area (Å²) >= 11 is 6.08. The lowest BCUT2D eigenvalue weighted by Crippen LogP contribution is -2.37. The summed E-state index contributed by atoms with van der Waals surface area (Å²) in [6.45, 7) is 4.01. The zero-order valence-electron chi connectivity index (χ0n) is 11.6. The number of hydrogen-bond donors (Lipinski definition) is 0. The highest BCUT2D eigenvalue weighted by Crippen LogP contribution is 2.28. The maximum absolute atomic E-state index is 6.08. The van der Waals surface area contributed by atoms with Crippen LogP contribution in [-0.4, -0.2) is 32.8 Å². The van der Waals surface area contributed by atoms with E-state index < -0.39 is 0 Å². The molecule has 5 nitrogen and oxygen atoms in total. The van der Waals surface area contributed by atoms with Crippen LogP contribution in [0.2, 0.25) is 5.02 Å². The minimum atomic E-state index is 0.685. The number of halogens is 1. The van der Waals surface area contributed by atoms with Crippen molar-refractivity contribution < 1.29 is 0 Å². The van der Waals surface area contributed by atoms with E-state index in [0.717, 1.165) is 41.5 Å². The fourth-order valence-corrected chi connectivity index (χ4v) is 2.75. The first kappa shape index (κ1) is 12.6. The largest absolute Gasteiger partial charge is 0.356 e. The molecule has 1 aromatic carbocycles. The van der Waals surface area contributed by atoms with Crippen molar-refractivity contribution >= 4 is 28.5 Å². The van der Waals surface area contributed by atoms with E-state index in [9.17, 15) is 0 Å². The third-order valence-electron chi connectivity index (χ3n) is 3.73. The Balaban J connectivity index is 1.93. The second-order valence-corrected chi connectivity index (χ2v) is 5.64. The lowest BCUT2D eigenvalue weighted by Gasteiger charge is -2.32. The highest BCUT2D eigenvalue weighted by molar-refractivity contribution is 6.30. The Morgan fingerprint density at radius 2 is 2.05 bits per heavy atom. The van der Waals surface area contributed by atoms with Crippen LogP contribution < -0.4 is 4.90 Å². The number of aryl methyl sites for hydroxylation is 1. The van der Waals surface area contributed by atoms with Gasteiger partial charge in [-0.05, 0) is 31.5 Å². The van der Waals surface area contributed by atoms with Gasteiger partial charge in [-0.15, -0.1) is 0 Å². The summed E-state index contributed by atoms with van der Waals surface area (Å²) in [6, 6.07) is 7.62. The van der Waals surface area contributed by atoms with Gasteiger partial charge in [-0.3, -0.25) is 0 Å². The van der Waals surface area contributed by atoms with Crippen molar-refractivity contribution in [2.24, 2.45) is 0 Å². The number of rotatable bonds is 2. The van der Waals surface area contributed by atoms with Crippen LogP contribution in [0.15, 0.2) is 30.5 Å². The van der Waals surface area contributed by atoms with Crippen LogP contribution in [0, 0.1) is 6.92 Å². The fraction of sp³-hybridized carbons (Fsp3) is 0.267. The molecular formula is C15H14ClN5. The third-order valence-corrected chi connectivity index (χ3v) is 3.96. The zero-order chi connectivity index (χ0) is 14.4. The first-order valence-electron chi connectivity index (χ1n) is 6.95. The van der Waals surface area contributed by atoms with Crippen molar-refractivity contribution in [1.29, 1.82) is 0 Å². The van der Waals surface area contributed by atoms with Crippen LogP contribution in [-0.2, 0) is 0 Å². The second-order valence-electron chi connectivity index (χ2n) is 5.21. The smallest absolute Gasteiger partial charge is 0.168 e. The molecule has 6 heteroatoms. The molecule has 1 aliphatic rings. The van der Waals surface area contributed by atoms with Crippen LogP contribution in [0.5, 0.6) is 0 Å². The topological polar surface area (TPSA) is 46.8 Å². The molecule has 0 N–H and O–H groups in total. The molecule has 0 aliphatic carbocycles. The van der Waals surface area contributed by atoms with Gasteiger partial charge in [-0.1, -0.05) is 17.7 Å². The number of nitrogens with zero attached hydrogens (tertiary/aromatic N) is 5. The van der Waals surface area contributed by atoms with Gasteiger partial charge in [0.15, 0.2) is 5.65 Å². The van der Waals surface area contributed by atoms with E-state index in [1.165, 1.54) is 6.42 Å². The predicted molar refractivity (Wildman–Crippen MR) is 83.2 cm³/mol. The number of benzene rings is 1. The monoisotopic (exact) mass is 299 g/mol. The number of anilines is 1. The molecular weight excluding hydrogens is 286 g/mol. The Morgan fingerprint density at radius 3 is 2.76 bits per heavy atom. The second kappa shape index (κ2) is 4.70. The number of aromatic nitrogens is 4. The molecule has 0 saturated carbocycles. The van der Waals surface area contributed by atoms with Crippen molar-refractivity contribution in [3.05, 3.63) is 41.3 Å². The summed E-state index contributed by atoms with van der Waals surface area (Å²) in [5.74, 6) is 1.74. The molecule has 0 spiro atoms. The van der Waals surface area contributed by atoms with E-state index in [4.69, 9.17) is 11.6 Å². The van der Waals surface area contributed by atoms with Gasteiger partial charge < -0.3 is 4.90 Å². The summed E-state index contributed by atoms with van der Waals surface area (Å²) in [5, 5.41) is 6.15. The Morgan fingerprint density at radius 1 is 1.19 bits per heavy atom. The van der Waals surface area contributed by atoms with Crippen LogP contribution in [0.3, 0.4) is 0 Å². The summed E-state index contributed by atoms with van der Waals surface area (Å²) in [7, 11) is 0. The highest BCUT2D eigenvalue weighted by atomic mass is 35.5. The van der Waals surface area contributed by atoms with Crippen molar-refractivity contribution in [3.63, 3.8) is 0 Å². The summed E-state index contributed by atoms with van der Waals surface area (Å²) in [4.78, 5) is 11.4. The standard InChI is InChI=1S/C15H14ClN5/c1-10-18-14(20-6-3-7-20)13-9-17-21(15(13)19-10)12-5-2-4-11(16)8-12/h2,4-5,8-9H,3,6-7H2,1H3. The summed E-state index contributed by atoms with van der Waals surface area (Å²) < 4.78 is 1.82. The first-order chi connectivity index (χ1) is 10.2. The lowest BCUT2D eigenvalue weighted by molar-refractivity contribution is 0.610. The van der Waals surface area contributed by atoms with E-state index in [1.807, 2.05) is 42.1 Å². The van der Waals surface area contributed by atoms with E-state index in [1.54, 1.807) is 0 Å². The minimum Gasteiger partial charge on any atom is -0.356 e. The van der Waals surface area contributed by atoms with Crippen LogP contribution in [0.25, 0.3) is 16.7 Å². The molecule has 2 aromatic heterocycles. The van der Waals surface area contributed by atoms with E-state index in [0.29, 0.717) is 5.02 Å². The molecule has 3 heterocycles. The Kier molecular flexibility index (Phi) is 2.82. The molecule has 1 saturated heterocycles. The molecule has 106 valence electrons. The van der Waals surface area contributed by atoms with Gasteiger partial charge in [0.2, 0.25) is 0 Å². The quantitative estimate of drug-likeness (QED) is 0.730. The van der Waals surface area contributed by atoms with Crippen molar-refractivity contribution in [2.45, 2.75) is 13.3 Å². The Hall–Kier alpha value is -2.14. The van der Waals surface area contributed by atoms with E-state index in [2.05, 4.69) is 20.0 Å². The average Bonchev–Trinajstić information content (AvgIpc) is 2.80. The third kappa shape index (κ3) is 2.05. The Bertz CT molecular complexity index is 822. The first-order valence-corrected chi connectivity index (χ1v) is 7.33. The van der Waals surface area contributed by atoms with E-state index in [-0.39, 0.29) is 0 Å². The van der Waals surface area contributed by atoms with Crippen LogP contribution in [0.4, 0.5) is 5.82 Å². The lowest BCUT2D eigenvalue weighted by atomic mass is 10.2. The van der Waals surface area contributed by atoms with Crippen LogP contribution in [0.1, 0.15) is 12.2 Å². The summed E-state index contributed by atoms with van der Waals surface area (Å²) in [6.07, 6.45) is 3.05. The molecule has 1 fully saturated rings. The molecule has 0 amide bonds. The number of hydrogen-bond acceptors (Lipinski definition) is 4.